The smallest absolute Gasteiger partial charge is 0.340 e. The van der Waals surface area contributed by atoms with Crippen molar-refractivity contribution >= 4 is 34.9 Å². The van der Waals surface area contributed by atoms with E-state index in [1.54, 1.807) is 0 Å². The van der Waals surface area contributed by atoms with Gasteiger partial charge in [-0.2, -0.15) is 0 Å². The molecule has 0 saturated heterocycles. The van der Waals surface area contributed by atoms with Gasteiger partial charge in [0.25, 0.3) is 11.6 Å². The third-order valence-corrected chi connectivity index (χ3v) is 3.64. The van der Waals surface area contributed by atoms with Gasteiger partial charge in [0.1, 0.15) is 0 Å². The number of esters is 1. The van der Waals surface area contributed by atoms with Gasteiger partial charge >= 0.3 is 5.97 Å². The second-order valence-electron chi connectivity index (χ2n) is 5.18. The number of hydrogen-bond acceptors (Lipinski definition) is 5. The Balaban J connectivity index is 2.09. The van der Waals surface area contributed by atoms with Crippen LogP contribution in [0.5, 0.6) is 0 Å². The molecule has 0 unspecified atom stereocenters. The standard InChI is InChI=1S/C16H10ClF3N2O5/c1-7(15(23)21-12-5-4-11(18)13(19)14(12)20)27-16(24)9-3-2-8(22(25)26)6-10(9)17/h2-7H,1H3,(H,21,23)/t7-/m1/s1. The average molecular weight is 403 g/mol. The van der Waals surface area contributed by atoms with Crippen LogP contribution in [-0.2, 0) is 9.53 Å². The molecule has 2 aromatic rings. The number of non-ortho nitro benzene ring substituents is 1. The van der Waals surface area contributed by atoms with E-state index in [2.05, 4.69) is 0 Å². The Hall–Kier alpha value is -3.14. The van der Waals surface area contributed by atoms with Gasteiger partial charge in [0, 0.05) is 12.1 Å². The number of anilines is 1. The summed E-state index contributed by atoms with van der Waals surface area (Å²) in [6, 6.07) is 4.40. The van der Waals surface area contributed by atoms with Gasteiger partial charge in [0.15, 0.2) is 23.6 Å². The molecule has 0 bridgehead atoms. The summed E-state index contributed by atoms with van der Waals surface area (Å²) in [5.74, 6) is -6.90. The topological polar surface area (TPSA) is 98.5 Å². The lowest BCUT2D eigenvalue weighted by molar-refractivity contribution is -0.384. The molecule has 1 amide bonds. The summed E-state index contributed by atoms with van der Waals surface area (Å²) < 4.78 is 44.4. The third kappa shape index (κ3) is 4.53. The van der Waals surface area contributed by atoms with Crippen molar-refractivity contribution in [2.24, 2.45) is 0 Å². The number of benzene rings is 2. The summed E-state index contributed by atoms with van der Waals surface area (Å²) in [5.41, 5.74) is -1.23. The highest BCUT2D eigenvalue weighted by Gasteiger charge is 2.23. The molecule has 27 heavy (non-hydrogen) atoms. The number of nitrogens with one attached hydrogen (secondary N) is 1. The number of amides is 1. The summed E-state index contributed by atoms with van der Waals surface area (Å²) in [7, 11) is 0. The van der Waals surface area contributed by atoms with Crippen molar-refractivity contribution in [2.75, 3.05) is 5.32 Å². The van der Waals surface area contributed by atoms with Gasteiger partial charge in [-0.15, -0.1) is 0 Å². The van der Waals surface area contributed by atoms with E-state index >= 15 is 0 Å². The largest absolute Gasteiger partial charge is 0.449 e. The number of halogens is 4. The van der Waals surface area contributed by atoms with Crippen molar-refractivity contribution in [1.29, 1.82) is 0 Å². The van der Waals surface area contributed by atoms with Crippen LogP contribution in [0.4, 0.5) is 24.5 Å². The lowest BCUT2D eigenvalue weighted by atomic mass is 10.2. The van der Waals surface area contributed by atoms with Crippen LogP contribution >= 0.6 is 11.6 Å². The van der Waals surface area contributed by atoms with E-state index in [0.29, 0.717) is 6.07 Å². The van der Waals surface area contributed by atoms with Crippen molar-refractivity contribution in [3.8, 4) is 0 Å². The molecule has 2 aromatic carbocycles. The van der Waals surface area contributed by atoms with Crippen LogP contribution in [0.2, 0.25) is 5.02 Å². The maximum Gasteiger partial charge on any atom is 0.340 e. The monoisotopic (exact) mass is 402 g/mol. The molecule has 1 N–H and O–H groups in total. The Bertz CT molecular complexity index is 939. The number of carbonyl (C=O) groups is 2. The number of ether oxygens (including phenoxy) is 1. The summed E-state index contributed by atoms with van der Waals surface area (Å²) in [5, 5.41) is 12.3. The predicted molar refractivity (Wildman–Crippen MR) is 87.9 cm³/mol. The number of carbonyl (C=O) groups excluding carboxylic acids is 2. The first-order valence-corrected chi connectivity index (χ1v) is 7.59. The molecule has 2 rings (SSSR count). The Morgan fingerprint density at radius 1 is 1.19 bits per heavy atom. The number of nitro groups is 1. The van der Waals surface area contributed by atoms with Gasteiger partial charge in [0.2, 0.25) is 0 Å². The van der Waals surface area contributed by atoms with Crippen LogP contribution in [0.25, 0.3) is 0 Å². The molecule has 0 aliphatic carbocycles. The Labute approximate surface area is 154 Å². The summed E-state index contributed by atoms with van der Waals surface area (Å²) in [4.78, 5) is 33.9. The SMILES string of the molecule is C[C@@H](OC(=O)c1ccc([N+](=O)[O-])cc1Cl)C(=O)Nc1ccc(F)c(F)c1F. The molecule has 0 fully saturated rings. The molecule has 0 spiro atoms. The minimum absolute atomic E-state index is 0.235. The number of hydrogen-bond donors (Lipinski definition) is 1. The van der Waals surface area contributed by atoms with E-state index in [9.17, 15) is 32.9 Å². The summed E-state index contributed by atoms with van der Waals surface area (Å²) in [6.07, 6.45) is -1.46. The van der Waals surface area contributed by atoms with Gasteiger partial charge in [-0.05, 0) is 25.1 Å². The molecule has 1 atom stereocenters. The van der Waals surface area contributed by atoms with Gasteiger partial charge in [0.05, 0.1) is 21.2 Å². The first-order chi connectivity index (χ1) is 12.6. The van der Waals surface area contributed by atoms with Gasteiger partial charge < -0.3 is 10.1 Å². The van der Waals surface area contributed by atoms with Crippen LogP contribution in [0.1, 0.15) is 17.3 Å². The Kier molecular flexibility index (Phi) is 6.01. The van der Waals surface area contributed by atoms with Gasteiger partial charge in [-0.1, -0.05) is 11.6 Å². The van der Waals surface area contributed by atoms with Crippen LogP contribution in [-0.4, -0.2) is 22.9 Å². The van der Waals surface area contributed by atoms with Crippen molar-refractivity contribution in [3.63, 3.8) is 0 Å². The van der Waals surface area contributed by atoms with E-state index < -0.39 is 46.0 Å². The molecule has 0 heterocycles. The maximum atomic E-state index is 13.6. The van der Waals surface area contributed by atoms with E-state index in [0.717, 1.165) is 31.2 Å². The van der Waals surface area contributed by atoms with Crippen molar-refractivity contribution in [3.05, 3.63) is 68.5 Å². The lowest BCUT2D eigenvalue weighted by Crippen LogP contribution is -2.30. The van der Waals surface area contributed by atoms with Gasteiger partial charge in [-0.3, -0.25) is 14.9 Å². The molecular formula is C16H10ClF3N2O5. The molecule has 142 valence electrons. The molecule has 0 aromatic heterocycles. The molecule has 11 heteroatoms. The molecule has 0 saturated carbocycles. The normalized spacial score (nSPS) is 11.6. The van der Waals surface area contributed by atoms with E-state index in [1.807, 2.05) is 5.32 Å². The molecule has 0 radical (unpaired) electrons. The minimum atomic E-state index is -1.77. The highest BCUT2D eigenvalue weighted by molar-refractivity contribution is 6.33. The highest BCUT2D eigenvalue weighted by Crippen LogP contribution is 2.24. The fourth-order valence-electron chi connectivity index (χ4n) is 1.92. The lowest BCUT2D eigenvalue weighted by Gasteiger charge is -2.14. The predicted octanol–water partition coefficient (Wildman–Crippen LogP) is 3.85. The van der Waals surface area contributed by atoms with Crippen molar-refractivity contribution < 1.29 is 32.4 Å². The second-order valence-corrected chi connectivity index (χ2v) is 5.59. The fraction of sp³-hybridized carbons (Fsp3) is 0.125. The zero-order valence-corrected chi connectivity index (χ0v) is 14.2. The average Bonchev–Trinajstić information content (AvgIpc) is 2.61. The number of nitrogens with zero attached hydrogens (tertiary/aromatic N) is 1. The van der Waals surface area contributed by atoms with Crippen LogP contribution in [0.3, 0.4) is 0 Å². The summed E-state index contributed by atoms with van der Waals surface area (Å²) in [6.45, 7) is 1.14. The van der Waals surface area contributed by atoms with Crippen LogP contribution in [0.15, 0.2) is 30.3 Å². The quantitative estimate of drug-likeness (QED) is 0.354. The Morgan fingerprint density at radius 2 is 1.85 bits per heavy atom. The van der Waals surface area contributed by atoms with Crippen LogP contribution in [0, 0.1) is 27.6 Å². The number of rotatable bonds is 5. The Morgan fingerprint density at radius 3 is 2.44 bits per heavy atom. The van der Waals surface area contributed by atoms with E-state index in [1.165, 1.54) is 0 Å². The highest BCUT2D eigenvalue weighted by atomic mass is 35.5. The fourth-order valence-corrected chi connectivity index (χ4v) is 2.17. The molecule has 7 nitrogen and oxygen atoms in total. The zero-order chi connectivity index (χ0) is 20.3. The molecular weight excluding hydrogens is 393 g/mol. The minimum Gasteiger partial charge on any atom is -0.449 e. The molecule has 0 aliphatic rings. The zero-order valence-electron chi connectivity index (χ0n) is 13.5. The summed E-state index contributed by atoms with van der Waals surface area (Å²) >= 11 is 5.78. The third-order valence-electron chi connectivity index (χ3n) is 3.33. The van der Waals surface area contributed by atoms with E-state index in [-0.39, 0.29) is 16.3 Å². The van der Waals surface area contributed by atoms with Crippen LogP contribution < -0.4 is 5.32 Å². The first kappa shape index (κ1) is 20.2. The first-order valence-electron chi connectivity index (χ1n) is 7.21. The maximum absolute atomic E-state index is 13.6. The van der Waals surface area contributed by atoms with E-state index in [4.69, 9.17) is 16.3 Å². The second kappa shape index (κ2) is 8.04. The number of nitro benzene ring substituents is 1. The van der Waals surface area contributed by atoms with Crippen molar-refractivity contribution in [1.82, 2.24) is 0 Å². The van der Waals surface area contributed by atoms with Gasteiger partial charge in [-0.25, -0.2) is 18.0 Å². The molecule has 0 aliphatic heterocycles. The van der Waals surface area contributed by atoms with Crippen molar-refractivity contribution in [2.45, 2.75) is 13.0 Å².